The molecule has 0 unspecified atom stereocenters. The van der Waals surface area contributed by atoms with Gasteiger partial charge in [0, 0.05) is 16.8 Å². The number of aromatic nitrogens is 1. The second-order valence-corrected chi connectivity index (χ2v) is 4.91. The number of carbonyl (C=O) groups is 1. The van der Waals surface area contributed by atoms with Gasteiger partial charge in [0.05, 0.1) is 5.39 Å². The summed E-state index contributed by atoms with van der Waals surface area (Å²) in [5.41, 5.74) is 1.26. The molecule has 0 fully saturated rings. The molecule has 1 heterocycles. The number of fused-ring (bicyclic) bond motifs is 3. The van der Waals surface area contributed by atoms with Crippen LogP contribution in [0.5, 0.6) is 0 Å². The molecule has 0 saturated heterocycles. The van der Waals surface area contributed by atoms with Gasteiger partial charge in [-0.25, -0.2) is 0 Å². The lowest BCUT2D eigenvalue weighted by molar-refractivity contribution is 0.112. The number of aromatic amines is 1. The van der Waals surface area contributed by atoms with Crippen LogP contribution >= 0.6 is 11.6 Å². The number of aryl methyl sites for hydroxylation is 1. The van der Waals surface area contributed by atoms with Crippen LogP contribution in [0.25, 0.3) is 21.5 Å². The van der Waals surface area contributed by atoms with Crippen molar-refractivity contribution < 1.29 is 4.79 Å². The number of rotatable bonds is 1. The van der Waals surface area contributed by atoms with Gasteiger partial charge in [-0.05, 0) is 52.9 Å². The maximum absolute atomic E-state index is 12.0. The highest BCUT2D eigenvalue weighted by molar-refractivity contribution is 6.33. The Hall–Kier alpha value is -2.13. The summed E-state index contributed by atoms with van der Waals surface area (Å²) < 4.78 is 0. The van der Waals surface area contributed by atoms with Crippen molar-refractivity contribution in [3.05, 3.63) is 57.0 Å². The Labute approximate surface area is 113 Å². The summed E-state index contributed by atoms with van der Waals surface area (Å²) in [6, 6.07) is 7.09. The third-order valence-corrected chi connectivity index (χ3v) is 3.72. The van der Waals surface area contributed by atoms with Crippen molar-refractivity contribution >= 4 is 39.4 Å². The Morgan fingerprint density at radius 3 is 2.74 bits per heavy atom. The largest absolute Gasteiger partial charge is 0.329 e. The minimum Gasteiger partial charge on any atom is -0.329 e. The highest BCUT2D eigenvalue weighted by Gasteiger charge is 2.10. The fourth-order valence-electron chi connectivity index (χ4n) is 2.36. The van der Waals surface area contributed by atoms with Gasteiger partial charge in [-0.3, -0.25) is 9.59 Å². The first-order valence-electron chi connectivity index (χ1n) is 5.81. The SMILES string of the molecule is Cc1cc2c(C=O)cc3cc[nH]c(=O)c3c2cc1Cl. The number of pyridine rings is 1. The van der Waals surface area contributed by atoms with E-state index in [4.69, 9.17) is 11.6 Å². The molecule has 0 bridgehead atoms. The zero-order valence-electron chi connectivity index (χ0n) is 10.2. The van der Waals surface area contributed by atoms with Gasteiger partial charge < -0.3 is 4.98 Å². The zero-order chi connectivity index (χ0) is 13.6. The maximum atomic E-state index is 12.0. The van der Waals surface area contributed by atoms with E-state index in [1.165, 1.54) is 0 Å². The van der Waals surface area contributed by atoms with E-state index in [2.05, 4.69) is 4.98 Å². The molecule has 0 aliphatic rings. The molecule has 3 nitrogen and oxygen atoms in total. The van der Waals surface area contributed by atoms with Gasteiger partial charge in [-0.15, -0.1) is 0 Å². The van der Waals surface area contributed by atoms with E-state index in [-0.39, 0.29) is 5.56 Å². The normalized spacial score (nSPS) is 11.1. The van der Waals surface area contributed by atoms with E-state index < -0.39 is 0 Å². The predicted octanol–water partition coefficient (Wildman–Crippen LogP) is 3.46. The van der Waals surface area contributed by atoms with Crippen LogP contribution in [-0.2, 0) is 0 Å². The quantitative estimate of drug-likeness (QED) is 0.544. The van der Waals surface area contributed by atoms with Gasteiger partial charge in [-0.2, -0.15) is 0 Å². The van der Waals surface area contributed by atoms with Gasteiger partial charge in [0.15, 0.2) is 6.29 Å². The van der Waals surface area contributed by atoms with Gasteiger partial charge in [0.25, 0.3) is 5.56 Å². The van der Waals surface area contributed by atoms with E-state index in [0.717, 1.165) is 22.6 Å². The molecule has 0 saturated carbocycles. The van der Waals surface area contributed by atoms with Gasteiger partial charge in [0.1, 0.15) is 0 Å². The molecule has 19 heavy (non-hydrogen) atoms. The van der Waals surface area contributed by atoms with Crippen LogP contribution < -0.4 is 5.56 Å². The highest BCUT2D eigenvalue weighted by Crippen LogP contribution is 2.30. The topological polar surface area (TPSA) is 49.9 Å². The fraction of sp³-hybridized carbons (Fsp3) is 0.0667. The Balaban J connectivity index is 2.69. The van der Waals surface area contributed by atoms with E-state index in [1.807, 2.05) is 13.0 Å². The number of halogens is 1. The van der Waals surface area contributed by atoms with Crippen molar-refractivity contribution in [2.75, 3.05) is 0 Å². The third kappa shape index (κ3) is 1.74. The van der Waals surface area contributed by atoms with E-state index in [0.29, 0.717) is 21.4 Å². The lowest BCUT2D eigenvalue weighted by Gasteiger charge is -2.08. The second-order valence-electron chi connectivity index (χ2n) is 4.50. The molecule has 0 aliphatic heterocycles. The monoisotopic (exact) mass is 271 g/mol. The number of aldehydes is 1. The summed E-state index contributed by atoms with van der Waals surface area (Å²) in [6.45, 7) is 1.87. The van der Waals surface area contributed by atoms with Crippen LogP contribution in [-0.4, -0.2) is 11.3 Å². The predicted molar refractivity (Wildman–Crippen MR) is 77.2 cm³/mol. The van der Waals surface area contributed by atoms with Crippen molar-refractivity contribution in [3.63, 3.8) is 0 Å². The first kappa shape index (κ1) is 11.9. The van der Waals surface area contributed by atoms with Gasteiger partial charge >= 0.3 is 0 Å². The molecule has 0 amide bonds. The molecule has 2 aromatic carbocycles. The maximum Gasteiger partial charge on any atom is 0.256 e. The standard InChI is InChI=1S/C15H10ClNO2/c1-8-4-11-10(7-18)5-9-2-3-17-15(19)14(9)12(11)6-13(8)16/h2-7H,1H3,(H,17,19). The Morgan fingerprint density at radius 2 is 2.00 bits per heavy atom. The summed E-state index contributed by atoms with van der Waals surface area (Å²) in [7, 11) is 0. The second kappa shape index (κ2) is 4.21. The van der Waals surface area contributed by atoms with Crippen molar-refractivity contribution in [2.45, 2.75) is 6.92 Å². The van der Waals surface area contributed by atoms with E-state index in [1.54, 1.807) is 24.4 Å². The first-order valence-corrected chi connectivity index (χ1v) is 6.19. The van der Waals surface area contributed by atoms with Crippen molar-refractivity contribution in [2.24, 2.45) is 0 Å². The number of H-pyrrole nitrogens is 1. The van der Waals surface area contributed by atoms with Gasteiger partial charge in [0.2, 0.25) is 0 Å². The molecule has 0 spiro atoms. The number of nitrogens with one attached hydrogen (secondary N) is 1. The molecule has 0 aliphatic carbocycles. The molecule has 3 aromatic rings. The number of benzene rings is 2. The molecule has 1 N–H and O–H groups in total. The summed E-state index contributed by atoms with van der Waals surface area (Å²) in [6.07, 6.45) is 2.37. The van der Waals surface area contributed by atoms with Crippen LogP contribution in [0, 0.1) is 6.92 Å². The molecule has 0 atom stereocenters. The molecule has 0 radical (unpaired) electrons. The number of hydrogen-bond donors (Lipinski definition) is 1. The Bertz CT molecular complexity index is 881. The molecule has 94 valence electrons. The minimum absolute atomic E-state index is 0.181. The fourth-order valence-corrected chi connectivity index (χ4v) is 2.53. The summed E-state index contributed by atoms with van der Waals surface area (Å²) in [5.74, 6) is 0. The van der Waals surface area contributed by atoms with Gasteiger partial charge in [-0.1, -0.05) is 11.6 Å². The molecule has 4 heteroatoms. The average molecular weight is 272 g/mol. The highest BCUT2D eigenvalue weighted by atomic mass is 35.5. The van der Waals surface area contributed by atoms with Crippen LogP contribution in [0.1, 0.15) is 15.9 Å². The Kier molecular flexibility index (Phi) is 2.64. The first-order chi connectivity index (χ1) is 9.11. The summed E-state index contributed by atoms with van der Waals surface area (Å²) >= 11 is 6.14. The summed E-state index contributed by atoms with van der Waals surface area (Å²) in [5, 5.41) is 3.33. The van der Waals surface area contributed by atoms with Crippen LogP contribution in [0.15, 0.2) is 35.3 Å². The van der Waals surface area contributed by atoms with Crippen LogP contribution in [0.2, 0.25) is 5.02 Å². The lowest BCUT2D eigenvalue weighted by Crippen LogP contribution is -2.05. The average Bonchev–Trinajstić information content (AvgIpc) is 2.39. The lowest BCUT2D eigenvalue weighted by atomic mass is 9.97. The molecule has 1 aromatic heterocycles. The minimum atomic E-state index is -0.181. The summed E-state index contributed by atoms with van der Waals surface area (Å²) in [4.78, 5) is 25.9. The Morgan fingerprint density at radius 1 is 1.21 bits per heavy atom. The van der Waals surface area contributed by atoms with Crippen molar-refractivity contribution in [3.8, 4) is 0 Å². The number of carbonyl (C=O) groups excluding carboxylic acids is 1. The van der Waals surface area contributed by atoms with Crippen molar-refractivity contribution in [1.29, 1.82) is 0 Å². The third-order valence-electron chi connectivity index (χ3n) is 3.31. The smallest absolute Gasteiger partial charge is 0.256 e. The van der Waals surface area contributed by atoms with Crippen LogP contribution in [0.4, 0.5) is 0 Å². The van der Waals surface area contributed by atoms with E-state index in [9.17, 15) is 9.59 Å². The zero-order valence-corrected chi connectivity index (χ0v) is 10.9. The van der Waals surface area contributed by atoms with E-state index >= 15 is 0 Å². The molecule has 3 rings (SSSR count). The number of hydrogen-bond acceptors (Lipinski definition) is 2. The molecular weight excluding hydrogens is 262 g/mol. The van der Waals surface area contributed by atoms with Crippen LogP contribution in [0.3, 0.4) is 0 Å². The van der Waals surface area contributed by atoms with Crippen molar-refractivity contribution in [1.82, 2.24) is 4.98 Å². The molecular formula is C15H10ClNO2.